The number of halogens is 1. The van der Waals surface area contributed by atoms with Crippen LogP contribution in [0.25, 0.3) is 21.9 Å². The summed E-state index contributed by atoms with van der Waals surface area (Å²) in [6.45, 7) is 4.89. The second-order valence-corrected chi connectivity index (χ2v) is 10.3. The first kappa shape index (κ1) is 27.1. The van der Waals surface area contributed by atoms with Gasteiger partial charge in [-0.2, -0.15) is 0 Å². The maximum Gasteiger partial charge on any atom is 0.322 e. The number of fused-ring (bicyclic) bond motifs is 1. The molecule has 0 aliphatic heterocycles. The van der Waals surface area contributed by atoms with Crippen molar-refractivity contribution >= 4 is 34.1 Å². The fraction of sp³-hybridized carbons (Fsp3) is 0.147. The molecule has 0 aliphatic carbocycles. The van der Waals surface area contributed by atoms with Gasteiger partial charge in [0.15, 0.2) is 0 Å². The predicted octanol–water partition coefficient (Wildman–Crippen LogP) is 8.52. The van der Waals surface area contributed by atoms with E-state index in [1.54, 1.807) is 29.2 Å². The standard InChI is InChI=1S/C34H31ClN2O3/c1-3-37(34(40)36-33-6-4-5-32(35)22(33)2)21-24-9-7-23(8-10-24)19-31-29(25-11-14-27(38)15-12-25)17-13-26-20-28(39)16-18-30(26)31/h4-18,20,38-39H,3,19,21H2,1-2H3,(H,36,40). The lowest BCUT2D eigenvalue weighted by Crippen LogP contribution is -2.34. The van der Waals surface area contributed by atoms with E-state index in [0.717, 1.165) is 44.2 Å². The Morgan fingerprint density at radius 2 is 1.55 bits per heavy atom. The van der Waals surface area contributed by atoms with Gasteiger partial charge in [-0.1, -0.05) is 72.3 Å². The van der Waals surface area contributed by atoms with Crippen LogP contribution in [0.3, 0.4) is 0 Å². The zero-order valence-corrected chi connectivity index (χ0v) is 23.2. The molecule has 0 unspecified atom stereocenters. The second-order valence-electron chi connectivity index (χ2n) is 9.89. The number of carbonyl (C=O) groups excluding carboxylic acids is 1. The van der Waals surface area contributed by atoms with Crippen molar-refractivity contribution in [2.24, 2.45) is 0 Å². The minimum atomic E-state index is -0.172. The molecule has 0 saturated heterocycles. The number of benzene rings is 5. The molecule has 5 aromatic carbocycles. The molecule has 6 heteroatoms. The minimum Gasteiger partial charge on any atom is -0.508 e. The molecule has 2 amide bonds. The van der Waals surface area contributed by atoms with Crippen molar-refractivity contribution in [3.05, 3.63) is 124 Å². The highest BCUT2D eigenvalue weighted by Crippen LogP contribution is 2.34. The summed E-state index contributed by atoms with van der Waals surface area (Å²) in [5.74, 6) is 0.458. The van der Waals surface area contributed by atoms with Gasteiger partial charge in [0.1, 0.15) is 11.5 Å². The van der Waals surface area contributed by atoms with Crippen molar-refractivity contribution in [1.82, 2.24) is 4.90 Å². The fourth-order valence-corrected chi connectivity index (χ4v) is 5.11. The summed E-state index contributed by atoms with van der Waals surface area (Å²) in [6.07, 6.45) is 0.685. The maximum atomic E-state index is 13.0. The van der Waals surface area contributed by atoms with E-state index < -0.39 is 0 Å². The Hall–Kier alpha value is -4.48. The van der Waals surface area contributed by atoms with E-state index in [1.807, 2.05) is 56.3 Å². The number of carbonyl (C=O) groups is 1. The van der Waals surface area contributed by atoms with Gasteiger partial charge in [-0.15, -0.1) is 0 Å². The third-order valence-electron chi connectivity index (χ3n) is 7.25. The molecule has 5 nitrogen and oxygen atoms in total. The SMILES string of the molecule is CCN(Cc1ccc(Cc2c(-c3ccc(O)cc3)ccc3cc(O)ccc23)cc1)C(=O)Nc1cccc(Cl)c1C. The number of nitrogens with zero attached hydrogens (tertiary/aromatic N) is 1. The quantitative estimate of drug-likeness (QED) is 0.190. The highest BCUT2D eigenvalue weighted by atomic mass is 35.5. The van der Waals surface area contributed by atoms with Crippen molar-refractivity contribution in [2.45, 2.75) is 26.8 Å². The van der Waals surface area contributed by atoms with Crippen molar-refractivity contribution in [2.75, 3.05) is 11.9 Å². The summed E-state index contributed by atoms with van der Waals surface area (Å²) >= 11 is 6.22. The highest BCUT2D eigenvalue weighted by Gasteiger charge is 2.15. The number of phenols is 2. The fourth-order valence-electron chi connectivity index (χ4n) is 4.93. The molecule has 0 bridgehead atoms. The average molecular weight is 551 g/mol. The summed E-state index contributed by atoms with van der Waals surface area (Å²) < 4.78 is 0. The number of hydrogen-bond acceptors (Lipinski definition) is 3. The topological polar surface area (TPSA) is 72.8 Å². The van der Waals surface area contributed by atoms with Gasteiger partial charge in [0.05, 0.1) is 0 Å². The van der Waals surface area contributed by atoms with Gasteiger partial charge in [0.25, 0.3) is 0 Å². The van der Waals surface area contributed by atoms with E-state index in [0.29, 0.717) is 30.2 Å². The van der Waals surface area contributed by atoms with Crippen LogP contribution in [-0.2, 0) is 13.0 Å². The maximum absolute atomic E-state index is 13.0. The number of amides is 2. The van der Waals surface area contributed by atoms with Crippen LogP contribution in [0.4, 0.5) is 10.5 Å². The zero-order chi connectivity index (χ0) is 28.2. The van der Waals surface area contributed by atoms with Gasteiger partial charge in [0.2, 0.25) is 0 Å². The Morgan fingerprint density at radius 1 is 0.850 bits per heavy atom. The van der Waals surface area contributed by atoms with Crippen molar-refractivity contribution in [3.8, 4) is 22.6 Å². The first-order valence-corrected chi connectivity index (χ1v) is 13.6. The van der Waals surface area contributed by atoms with Gasteiger partial charge in [-0.05, 0) is 101 Å². The van der Waals surface area contributed by atoms with E-state index in [-0.39, 0.29) is 17.5 Å². The van der Waals surface area contributed by atoms with Crippen LogP contribution >= 0.6 is 11.6 Å². The summed E-state index contributed by atoms with van der Waals surface area (Å²) in [5, 5.41) is 25.5. The third kappa shape index (κ3) is 5.90. The number of anilines is 1. The normalized spacial score (nSPS) is 11.0. The van der Waals surface area contributed by atoms with Crippen molar-refractivity contribution in [1.29, 1.82) is 0 Å². The lowest BCUT2D eigenvalue weighted by molar-refractivity contribution is 0.212. The number of phenolic OH excluding ortho intramolecular Hbond substituents is 2. The molecule has 0 heterocycles. The summed E-state index contributed by atoms with van der Waals surface area (Å²) in [7, 11) is 0. The van der Waals surface area contributed by atoms with E-state index >= 15 is 0 Å². The molecule has 0 saturated carbocycles. The Labute approximate surface area is 239 Å². The van der Waals surface area contributed by atoms with Crippen molar-refractivity contribution < 1.29 is 15.0 Å². The van der Waals surface area contributed by atoms with Crippen LogP contribution in [0.1, 0.15) is 29.2 Å². The molecule has 3 N–H and O–H groups in total. The zero-order valence-electron chi connectivity index (χ0n) is 22.5. The monoisotopic (exact) mass is 550 g/mol. The number of hydrogen-bond donors (Lipinski definition) is 3. The number of nitrogens with one attached hydrogen (secondary N) is 1. The van der Waals surface area contributed by atoms with Crippen LogP contribution in [-0.4, -0.2) is 27.7 Å². The first-order chi connectivity index (χ1) is 19.3. The molecule has 5 aromatic rings. The van der Waals surface area contributed by atoms with E-state index in [4.69, 9.17) is 11.6 Å². The Kier molecular flexibility index (Phi) is 7.94. The van der Waals surface area contributed by atoms with Gasteiger partial charge in [0, 0.05) is 23.8 Å². The summed E-state index contributed by atoms with van der Waals surface area (Å²) in [5.41, 5.74) is 6.94. The van der Waals surface area contributed by atoms with Crippen LogP contribution < -0.4 is 5.32 Å². The number of aromatic hydroxyl groups is 2. The van der Waals surface area contributed by atoms with Gasteiger partial charge < -0.3 is 20.4 Å². The highest BCUT2D eigenvalue weighted by molar-refractivity contribution is 6.31. The van der Waals surface area contributed by atoms with Crippen LogP contribution in [0.5, 0.6) is 11.5 Å². The van der Waals surface area contributed by atoms with Crippen LogP contribution in [0, 0.1) is 6.92 Å². The third-order valence-corrected chi connectivity index (χ3v) is 7.66. The first-order valence-electron chi connectivity index (χ1n) is 13.2. The smallest absolute Gasteiger partial charge is 0.322 e. The largest absolute Gasteiger partial charge is 0.508 e. The Bertz CT molecular complexity index is 1660. The molecule has 0 fully saturated rings. The van der Waals surface area contributed by atoms with Gasteiger partial charge in [-0.25, -0.2) is 4.79 Å². The Morgan fingerprint density at radius 3 is 2.27 bits per heavy atom. The molecule has 202 valence electrons. The molecular weight excluding hydrogens is 520 g/mol. The van der Waals surface area contributed by atoms with Crippen LogP contribution in [0.2, 0.25) is 5.02 Å². The van der Waals surface area contributed by atoms with E-state index in [2.05, 4.69) is 35.6 Å². The molecule has 0 aliphatic rings. The van der Waals surface area contributed by atoms with Crippen molar-refractivity contribution in [3.63, 3.8) is 0 Å². The second kappa shape index (κ2) is 11.7. The minimum absolute atomic E-state index is 0.172. The van der Waals surface area contributed by atoms with E-state index in [1.165, 1.54) is 0 Å². The molecule has 0 spiro atoms. The molecule has 5 rings (SSSR count). The molecule has 40 heavy (non-hydrogen) atoms. The molecule has 0 atom stereocenters. The Balaban J connectivity index is 1.38. The molecule has 0 radical (unpaired) electrons. The lowest BCUT2D eigenvalue weighted by Gasteiger charge is -2.22. The van der Waals surface area contributed by atoms with Crippen LogP contribution in [0.15, 0.2) is 97.1 Å². The molecule has 0 aromatic heterocycles. The molecular formula is C34H31ClN2O3. The lowest BCUT2D eigenvalue weighted by atomic mass is 9.90. The summed E-state index contributed by atoms with van der Waals surface area (Å²) in [4.78, 5) is 14.8. The van der Waals surface area contributed by atoms with Gasteiger partial charge in [-0.3, -0.25) is 0 Å². The predicted molar refractivity (Wildman–Crippen MR) is 163 cm³/mol. The van der Waals surface area contributed by atoms with Gasteiger partial charge >= 0.3 is 6.03 Å². The van der Waals surface area contributed by atoms with E-state index in [9.17, 15) is 15.0 Å². The average Bonchev–Trinajstić information content (AvgIpc) is 2.95. The summed E-state index contributed by atoms with van der Waals surface area (Å²) in [6, 6.07) is 30.4. The number of urea groups is 1. The number of rotatable bonds is 7.